The molecule has 2 aromatic heterocycles. The van der Waals surface area contributed by atoms with Gasteiger partial charge in [0.05, 0.1) is 37.8 Å². The first-order chi connectivity index (χ1) is 24.4. The molecular weight excluding hydrogens is 767 g/mol. The fourth-order valence-electron chi connectivity index (χ4n) is 5.64. The van der Waals surface area contributed by atoms with Crippen molar-refractivity contribution in [2.75, 3.05) is 10.9 Å². The number of hydrogen-bond donors (Lipinski definition) is 2. The van der Waals surface area contributed by atoms with Crippen LogP contribution in [0.4, 0.5) is 11.4 Å². The minimum absolute atomic E-state index is 0. The third-order valence-electron chi connectivity index (χ3n) is 8.42. The van der Waals surface area contributed by atoms with Gasteiger partial charge in [-0.3, -0.25) is 39.4 Å². The zero-order chi connectivity index (χ0) is 37.9. The smallest absolute Gasteiger partial charge is 0.744 e. The largest absolute Gasteiger partial charge is 1.00 e. The summed E-state index contributed by atoms with van der Waals surface area (Å²) in [7, 11) is -7.99. The first-order valence-electron chi connectivity index (χ1n) is 15.0. The number of rotatable bonds is 8. The third kappa shape index (κ3) is 7.54. The number of nitrogens with zero attached hydrogens (tertiary/aromatic N) is 6. The normalized spacial score (nSPS) is 12.4. The molecule has 0 amide bonds. The molecule has 2 aliphatic rings. The van der Waals surface area contributed by atoms with Crippen molar-refractivity contribution in [1.82, 2.24) is 18.7 Å². The molecule has 2 heterocycles. The van der Waals surface area contributed by atoms with E-state index in [1.165, 1.54) is 32.6 Å². The van der Waals surface area contributed by atoms with Gasteiger partial charge in [-0.25, -0.2) is 26.2 Å². The molecule has 18 nitrogen and oxygen atoms in total. The monoisotopic (exact) mass is 792 g/mol. The van der Waals surface area contributed by atoms with Crippen LogP contribution in [0.15, 0.2) is 112 Å². The number of aromatic nitrogens is 4. The second-order valence-electron chi connectivity index (χ2n) is 11.4. The summed E-state index contributed by atoms with van der Waals surface area (Å²) in [5.74, 6) is 0. The molecule has 2 N–H and O–H groups in total. The van der Waals surface area contributed by atoms with Crippen molar-refractivity contribution in [1.29, 1.82) is 0 Å². The van der Waals surface area contributed by atoms with Gasteiger partial charge in [0.25, 0.3) is 11.1 Å². The average Bonchev–Trinajstić information content (AvgIpc) is 3.43. The van der Waals surface area contributed by atoms with Crippen LogP contribution < -0.4 is 103 Å². The molecule has 0 unspecified atom stereocenters. The van der Waals surface area contributed by atoms with Gasteiger partial charge in [0, 0.05) is 14.1 Å². The van der Waals surface area contributed by atoms with Gasteiger partial charge in [-0.15, -0.1) is 0 Å². The van der Waals surface area contributed by atoms with Gasteiger partial charge in [0.1, 0.15) is 42.3 Å². The molecule has 0 spiro atoms. The summed E-state index contributed by atoms with van der Waals surface area (Å²) < 4.78 is 79.5. The average molecular weight is 793 g/mol. The Kier molecular flexibility index (Phi) is 12.5. The first kappa shape index (κ1) is 42.5. The summed E-state index contributed by atoms with van der Waals surface area (Å²) in [5.41, 5.74) is 1.47. The van der Waals surface area contributed by atoms with E-state index in [1.54, 1.807) is 74.8 Å². The van der Waals surface area contributed by atoms with Crippen LogP contribution in [-0.4, -0.2) is 44.7 Å². The van der Waals surface area contributed by atoms with Crippen LogP contribution in [0, 0.1) is 24.3 Å². The Morgan fingerprint density at radius 3 is 1.24 bits per heavy atom. The van der Waals surface area contributed by atoms with E-state index in [2.05, 4.69) is 21.1 Å². The molecule has 0 atom stereocenters. The maximum absolute atomic E-state index is 13.8. The van der Waals surface area contributed by atoms with E-state index in [1.807, 2.05) is 0 Å². The maximum atomic E-state index is 13.8. The Morgan fingerprint density at radius 1 is 0.593 bits per heavy atom. The molecule has 2 aliphatic carbocycles. The quantitative estimate of drug-likeness (QED) is 0.0830. The van der Waals surface area contributed by atoms with Crippen molar-refractivity contribution in [2.45, 2.75) is 23.6 Å². The molecule has 22 heteroatoms. The van der Waals surface area contributed by atoms with Gasteiger partial charge < -0.3 is 9.11 Å². The van der Waals surface area contributed by atoms with Gasteiger partial charge in [-0.05, 0) is 55.5 Å². The van der Waals surface area contributed by atoms with Gasteiger partial charge in [0.2, 0.25) is 10.9 Å². The molecule has 0 fully saturated rings. The topological polar surface area (TPSA) is 251 Å². The molecule has 0 saturated heterocycles. The summed E-state index contributed by atoms with van der Waals surface area (Å²) in [6.07, 6.45) is 0. The fraction of sp³-hybridized carbons (Fsp3) is 0.125. The summed E-state index contributed by atoms with van der Waals surface area (Å²) in [6.45, 7) is 3.04. The Morgan fingerprint density at radius 2 is 0.926 bits per heavy atom. The van der Waals surface area contributed by atoms with Crippen molar-refractivity contribution < 1.29 is 85.1 Å². The third-order valence-corrected chi connectivity index (χ3v) is 10.1. The number of hydrogen-bond acceptors (Lipinski definition) is 14. The van der Waals surface area contributed by atoms with Crippen molar-refractivity contribution in [3.05, 3.63) is 146 Å². The number of nitrogens with one attached hydrogen (secondary N) is 2. The minimum Gasteiger partial charge on any atom is -0.744 e. The maximum Gasteiger partial charge on any atom is 1.00 e. The molecule has 268 valence electrons. The number of anilines is 2. The van der Waals surface area contributed by atoms with Crippen LogP contribution in [0.2, 0.25) is 0 Å². The Balaban J connectivity index is 0.00000325. The molecular formula is C32H26N8Na2O10S2. The Labute approximate surface area is 349 Å². The molecule has 0 radical (unpaired) electrons. The molecule has 4 aromatic rings. The van der Waals surface area contributed by atoms with Crippen LogP contribution in [0.1, 0.15) is 11.4 Å². The van der Waals surface area contributed by atoms with Gasteiger partial charge in [0.15, 0.2) is 0 Å². The van der Waals surface area contributed by atoms with E-state index >= 15 is 0 Å². The van der Waals surface area contributed by atoms with E-state index in [9.17, 15) is 45.1 Å². The molecule has 0 saturated carbocycles. The Bertz CT molecular complexity index is 2890. The summed E-state index contributed by atoms with van der Waals surface area (Å²) in [5, 5.41) is 3.78. The van der Waals surface area contributed by atoms with E-state index in [4.69, 9.17) is 0 Å². The second-order valence-corrected chi connectivity index (χ2v) is 14.1. The van der Waals surface area contributed by atoms with E-state index in [0.29, 0.717) is 23.5 Å². The van der Waals surface area contributed by atoms with Gasteiger partial charge >= 0.3 is 59.1 Å². The van der Waals surface area contributed by atoms with Crippen LogP contribution >= 0.6 is 0 Å². The summed E-state index contributed by atoms with van der Waals surface area (Å²) in [4.78, 5) is 51.8. The zero-order valence-electron chi connectivity index (χ0n) is 29.5. The first-order valence-corrected chi connectivity index (χ1v) is 17.8. The minimum atomic E-state index is -5.55. The van der Waals surface area contributed by atoms with Crippen molar-refractivity contribution >= 4 is 31.6 Å². The van der Waals surface area contributed by atoms with E-state index < -0.39 is 73.2 Å². The molecule has 0 bridgehead atoms. The SMILES string of the molecule is Cc1c(N/N=c2\c(S(=O)(=O)[O-])cc3cc(S(=O)(=O)[O-])/c(=N/Nc4c(C)n(C)n(-c5ccccc5)c4=O)c(=O)c=3c2=O)c(=O)n(-c2ccccc2)n1C.[Na+].[Na+]. The second kappa shape index (κ2) is 15.9. The van der Waals surface area contributed by atoms with Crippen molar-refractivity contribution in [3.8, 4) is 11.4 Å². The predicted molar refractivity (Wildman–Crippen MR) is 182 cm³/mol. The van der Waals surface area contributed by atoms with Crippen molar-refractivity contribution in [3.63, 3.8) is 0 Å². The van der Waals surface area contributed by atoms with E-state index in [0.717, 1.165) is 0 Å². The fourth-order valence-corrected chi connectivity index (χ4v) is 6.93. The predicted octanol–water partition coefficient (Wildman–Crippen LogP) is -6.73. The summed E-state index contributed by atoms with van der Waals surface area (Å²) in [6, 6.07) is 17.8. The standard InChI is InChI=1S/C32H28N8O10S2.2Na/c1-17-25(31(43)39(37(17)3)20-11-7-5-8-12-20)33-35-27-22(51(45,46)47)15-19-16-23(52(48,49)50)28(30(42)24(19)29(27)41)36-34-26-18(2)38(4)40(32(26)44)21-13-9-6-10-14-21;;/h5-16,33-34H,1-4H3,(H,45,46,47)(H,48,49,50);;/q;2*+1/p-2/b35-27-,36-28+;;. The zero-order valence-corrected chi connectivity index (χ0v) is 35.1. The molecule has 2 aromatic carbocycles. The summed E-state index contributed by atoms with van der Waals surface area (Å²) >= 11 is 0. The Hall–Kier alpha value is -4.22. The molecule has 6 rings (SSSR count). The van der Waals surface area contributed by atoms with Crippen LogP contribution in [0.5, 0.6) is 0 Å². The molecule has 54 heavy (non-hydrogen) atoms. The number of benzene rings is 2. The van der Waals surface area contributed by atoms with Crippen LogP contribution in [-0.2, 0) is 34.3 Å². The van der Waals surface area contributed by atoms with Crippen molar-refractivity contribution in [2.24, 2.45) is 24.3 Å². The van der Waals surface area contributed by atoms with E-state index in [-0.39, 0.29) is 81.9 Å². The molecule has 0 aliphatic heterocycles. The van der Waals surface area contributed by atoms with Gasteiger partial charge in [-0.2, -0.15) is 10.2 Å². The van der Waals surface area contributed by atoms with Crippen LogP contribution in [0.3, 0.4) is 0 Å². The van der Waals surface area contributed by atoms with Gasteiger partial charge in [-0.1, -0.05) is 36.4 Å². The number of para-hydroxylation sites is 2. The van der Waals surface area contributed by atoms with Crippen LogP contribution in [0.25, 0.3) is 11.4 Å².